The quantitative estimate of drug-likeness (QED) is 0.0599. The van der Waals surface area contributed by atoms with Crippen LogP contribution >= 0.6 is 0 Å². The number of aliphatic hydroxyl groups excluding tert-OH is 2. The summed E-state index contributed by atoms with van der Waals surface area (Å²) in [6.07, 6.45) is 14.4. The van der Waals surface area contributed by atoms with E-state index in [2.05, 4.69) is 69.5 Å². The highest BCUT2D eigenvalue weighted by molar-refractivity contribution is 5.88. The molecule has 0 heterocycles. The predicted molar refractivity (Wildman–Crippen MR) is 210 cm³/mol. The molecule has 8 heteroatoms. The molecule has 1 aliphatic carbocycles. The van der Waals surface area contributed by atoms with Gasteiger partial charge in [0.25, 0.3) is 0 Å². The van der Waals surface area contributed by atoms with Crippen molar-refractivity contribution in [2.45, 2.75) is 90.4 Å². The summed E-state index contributed by atoms with van der Waals surface area (Å²) in [4.78, 5) is 23.8. The van der Waals surface area contributed by atoms with Crippen molar-refractivity contribution in [3.05, 3.63) is 96.1 Å². The van der Waals surface area contributed by atoms with Gasteiger partial charge in [0.1, 0.15) is 26.4 Å². The Hall–Kier alpha value is -4.40. The Morgan fingerprint density at radius 1 is 0.660 bits per heavy atom. The van der Waals surface area contributed by atoms with Gasteiger partial charge < -0.3 is 29.2 Å². The Bertz CT molecular complexity index is 1630. The van der Waals surface area contributed by atoms with Crippen LogP contribution in [0.3, 0.4) is 0 Å². The maximum absolute atomic E-state index is 11.9. The number of hydrogen-bond donors (Lipinski definition) is 2. The second-order valence-corrected chi connectivity index (χ2v) is 13.9. The van der Waals surface area contributed by atoms with Crippen LogP contribution in [0.2, 0.25) is 0 Å². The third-order valence-corrected chi connectivity index (χ3v) is 10.1. The maximum atomic E-state index is 11.9. The summed E-state index contributed by atoms with van der Waals surface area (Å²) in [5.41, 5.74) is 6.93. The minimum atomic E-state index is -0.694. The van der Waals surface area contributed by atoms with E-state index in [-0.39, 0.29) is 37.6 Å². The van der Waals surface area contributed by atoms with Crippen molar-refractivity contribution in [1.82, 2.24) is 0 Å². The fourth-order valence-corrected chi connectivity index (χ4v) is 6.93. The van der Waals surface area contributed by atoms with Crippen LogP contribution in [0.15, 0.2) is 85.0 Å². The summed E-state index contributed by atoms with van der Waals surface area (Å²) >= 11 is 0. The topological polar surface area (TPSA) is 112 Å². The lowest BCUT2D eigenvalue weighted by molar-refractivity contribution is -0.141. The number of ether oxygens (including phenoxy) is 4. The van der Waals surface area contributed by atoms with E-state index in [0.717, 1.165) is 23.5 Å². The fourth-order valence-electron chi connectivity index (χ4n) is 6.93. The fraction of sp³-hybridized carbons (Fsp3) is 0.467. The van der Waals surface area contributed by atoms with Crippen molar-refractivity contribution in [1.29, 1.82) is 0 Å². The zero-order valence-corrected chi connectivity index (χ0v) is 31.7. The predicted octanol–water partition coefficient (Wildman–Crippen LogP) is 9.16. The van der Waals surface area contributed by atoms with E-state index in [1.54, 1.807) is 6.07 Å². The molecule has 0 saturated heterocycles. The maximum Gasteiger partial charge on any atom is 0.335 e. The smallest absolute Gasteiger partial charge is 0.335 e. The lowest BCUT2D eigenvalue weighted by atomic mass is 9.77. The van der Waals surface area contributed by atoms with Crippen LogP contribution in [0.25, 0.3) is 22.3 Å². The normalized spacial score (nSPS) is 15.4. The van der Waals surface area contributed by atoms with Gasteiger partial charge in [0, 0.05) is 0 Å². The van der Waals surface area contributed by atoms with Gasteiger partial charge in [0.2, 0.25) is 0 Å². The molecule has 0 aromatic heterocycles. The minimum absolute atomic E-state index is 0.0334. The van der Waals surface area contributed by atoms with Gasteiger partial charge in [-0.25, -0.2) is 9.59 Å². The second kappa shape index (κ2) is 22.0. The number of unbranched alkanes of at least 4 members (excludes halogenated alkanes) is 4. The van der Waals surface area contributed by atoms with Gasteiger partial charge in [-0.15, -0.1) is 0 Å². The minimum Gasteiger partial charge on any atom is -0.486 e. The first-order valence-corrected chi connectivity index (χ1v) is 19.3. The van der Waals surface area contributed by atoms with E-state index < -0.39 is 25.2 Å². The molecule has 0 unspecified atom stereocenters. The molecule has 2 N–H and O–H groups in total. The van der Waals surface area contributed by atoms with Crippen molar-refractivity contribution in [2.75, 3.05) is 39.6 Å². The van der Waals surface area contributed by atoms with Crippen LogP contribution in [0.5, 0.6) is 11.5 Å². The number of aliphatic hydroxyl groups is 2. The highest BCUT2D eigenvalue weighted by atomic mass is 16.6. The first-order valence-electron chi connectivity index (χ1n) is 19.3. The number of rotatable bonds is 22. The molecule has 0 atom stereocenters. The number of benzene rings is 3. The molecule has 1 saturated carbocycles. The number of esters is 2. The largest absolute Gasteiger partial charge is 0.486 e. The van der Waals surface area contributed by atoms with E-state index >= 15 is 0 Å². The molecule has 1 aliphatic rings. The van der Waals surface area contributed by atoms with Gasteiger partial charge in [-0.05, 0) is 89.5 Å². The van der Waals surface area contributed by atoms with Crippen LogP contribution in [-0.2, 0) is 25.5 Å². The van der Waals surface area contributed by atoms with Crippen molar-refractivity contribution in [2.24, 2.45) is 5.92 Å². The Morgan fingerprint density at radius 3 is 1.85 bits per heavy atom. The summed E-state index contributed by atoms with van der Waals surface area (Å²) in [6.45, 7) is 10.4. The second-order valence-electron chi connectivity index (χ2n) is 13.9. The summed E-state index contributed by atoms with van der Waals surface area (Å²) in [5.74, 6) is 1.02. The number of carbonyl (C=O) groups excluding carboxylic acids is 2. The lowest BCUT2D eigenvalue weighted by Gasteiger charge is -2.29. The zero-order valence-electron chi connectivity index (χ0n) is 31.7. The van der Waals surface area contributed by atoms with E-state index in [1.165, 1.54) is 86.5 Å². The summed E-state index contributed by atoms with van der Waals surface area (Å²) in [7, 11) is 0. The standard InChI is InChI=1S/C45H58O8/c1-5-7-8-9-10-11-34-12-14-36(15-13-34)37-16-18-38(19-17-37)39-20-22-41(35(6-2)28-39)40-21-23-42(50-24-26-52-44(48)32(3)30-46)43(29-40)51-25-27-53-45(49)33(4)31-47/h16-23,28-29,34,36,46-47H,3-15,24-27,30-31H2,1-2H3. The van der Waals surface area contributed by atoms with Gasteiger partial charge >= 0.3 is 11.9 Å². The Balaban J connectivity index is 1.43. The number of carbonyl (C=O) groups is 2. The van der Waals surface area contributed by atoms with Crippen molar-refractivity contribution in [3.63, 3.8) is 0 Å². The van der Waals surface area contributed by atoms with Crippen LogP contribution in [0.4, 0.5) is 0 Å². The molecular formula is C45H58O8. The molecule has 8 nitrogen and oxygen atoms in total. The van der Waals surface area contributed by atoms with Gasteiger partial charge in [0.05, 0.1) is 24.4 Å². The van der Waals surface area contributed by atoms with Gasteiger partial charge in [0.15, 0.2) is 11.5 Å². The number of aryl methyl sites for hydroxylation is 1. The van der Waals surface area contributed by atoms with E-state index in [1.807, 2.05) is 12.1 Å². The highest BCUT2D eigenvalue weighted by Crippen LogP contribution is 2.39. The van der Waals surface area contributed by atoms with Crippen molar-refractivity contribution < 1.29 is 38.7 Å². The Kier molecular flexibility index (Phi) is 17.1. The summed E-state index contributed by atoms with van der Waals surface area (Å²) < 4.78 is 22.1. The molecule has 4 rings (SSSR count). The zero-order chi connectivity index (χ0) is 38.0. The molecule has 1 fully saturated rings. The van der Waals surface area contributed by atoms with Crippen LogP contribution < -0.4 is 9.47 Å². The van der Waals surface area contributed by atoms with Gasteiger partial charge in [-0.1, -0.05) is 114 Å². The van der Waals surface area contributed by atoms with Crippen LogP contribution in [0, 0.1) is 5.92 Å². The molecule has 0 aliphatic heterocycles. The molecule has 286 valence electrons. The van der Waals surface area contributed by atoms with Gasteiger partial charge in [-0.2, -0.15) is 0 Å². The molecule has 0 radical (unpaired) electrons. The lowest BCUT2D eigenvalue weighted by Crippen LogP contribution is -2.16. The summed E-state index contributed by atoms with van der Waals surface area (Å²) in [5, 5.41) is 18.2. The third kappa shape index (κ3) is 12.6. The molecule has 3 aromatic rings. The SMILES string of the molecule is C=C(CO)C(=O)OCCOc1ccc(-c2ccc(-c3ccc(C4CCC(CCCCCCC)CC4)cc3)cc2CC)cc1OCCOC(=O)C(=C)CO. The molecule has 3 aromatic carbocycles. The van der Waals surface area contributed by atoms with Crippen molar-refractivity contribution in [3.8, 4) is 33.8 Å². The average molecular weight is 727 g/mol. The van der Waals surface area contributed by atoms with Crippen LogP contribution in [-0.4, -0.2) is 61.8 Å². The van der Waals surface area contributed by atoms with E-state index in [0.29, 0.717) is 17.4 Å². The highest BCUT2D eigenvalue weighted by Gasteiger charge is 2.22. The van der Waals surface area contributed by atoms with Gasteiger partial charge in [-0.3, -0.25) is 0 Å². The van der Waals surface area contributed by atoms with Crippen LogP contribution in [0.1, 0.15) is 95.1 Å². The molecule has 0 spiro atoms. The monoisotopic (exact) mass is 726 g/mol. The molecule has 0 bridgehead atoms. The van der Waals surface area contributed by atoms with E-state index in [9.17, 15) is 9.59 Å². The van der Waals surface area contributed by atoms with E-state index in [4.69, 9.17) is 29.2 Å². The van der Waals surface area contributed by atoms with Crippen molar-refractivity contribution >= 4 is 11.9 Å². The average Bonchev–Trinajstić information content (AvgIpc) is 3.20. The first kappa shape index (κ1) is 41.4. The molecule has 53 heavy (non-hydrogen) atoms. The Labute approximate surface area is 315 Å². The summed E-state index contributed by atoms with van der Waals surface area (Å²) in [6, 6.07) is 21.4. The first-order chi connectivity index (χ1) is 25.8. The molecular weight excluding hydrogens is 668 g/mol. The third-order valence-electron chi connectivity index (χ3n) is 10.1. The number of hydrogen-bond acceptors (Lipinski definition) is 8. The molecule has 0 amide bonds. The Morgan fingerprint density at radius 2 is 1.25 bits per heavy atom.